The van der Waals surface area contributed by atoms with Crippen molar-refractivity contribution in [2.24, 2.45) is 11.1 Å². The van der Waals surface area contributed by atoms with Crippen LogP contribution in [0.3, 0.4) is 0 Å². The number of likely N-dealkylation sites (tertiary alicyclic amines) is 1. The molecule has 100 valence electrons. The zero-order valence-electron chi connectivity index (χ0n) is 11.3. The number of nitrogens with two attached hydrogens (primary N) is 1. The van der Waals surface area contributed by atoms with Gasteiger partial charge in [0.1, 0.15) is 0 Å². The predicted molar refractivity (Wildman–Crippen MR) is 71.0 cm³/mol. The average Bonchev–Trinajstić information content (AvgIpc) is 2.56. The highest BCUT2D eigenvalue weighted by atomic mass is 16.5. The molecule has 0 aromatic heterocycles. The minimum atomic E-state index is 0.233. The van der Waals surface area contributed by atoms with Gasteiger partial charge < -0.3 is 10.5 Å². The summed E-state index contributed by atoms with van der Waals surface area (Å²) in [6, 6.07) is 0.725. The van der Waals surface area contributed by atoms with Crippen molar-refractivity contribution in [3.05, 3.63) is 0 Å². The SMILES string of the molecule is CC1CCCCCN1CC1(CN)CCCOC1. The lowest BCUT2D eigenvalue weighted by atomic mass is 9.81. The summed E-state index contributed by atoms with van der Waals surface area (Å²) in [5.74, 6) is 0. The molecule has 2 heterocycles. The van der Waals surface area contributed by atoms with Gasteiger partial charge in [-0.15, -0.1) is 0 Å². The molecule has 0 aromatic rings. The summed E-state index contributed by atoms with van der Waals surface area (Å²) >= 11 is 0. The van der Waals surface area contributed by atoms with Gasteiger partial charge >= 0.3 is 0 Å². The molecule has 3 nitrogen and oxygen atoms in total. The smallest absolute Gasteiger partial charge is 0.0546 e. The fraction of sp³-hybridized carbons (Fsp3) is 1.00. The fourth-order valence-corrected chi connectivity index (χ4v) is 3.26. The molecule has 2 N–H and O–H groups in total. The topological polar surface area (TPSA) is 38.5 Å². The summed E-state index contributed by atoms with van der Waals surface area (Å²) in [4.78, 5) is 2.66. The number of rotatable bonds is 3. The third-order valence-corrected chi connectivity index (χ3v) is 4.57. The van der Waals surface area contributed by atoms with Crippen molar-refractivity contribution in [1.82, 2.24) is 4.90 Å². The van der Waals surface area contributed by atoms with Crippen LogP contribution >= 0.6 is 0 Å². The molecule has 2 saturated heterocycles. The van der Waals surface area contributed by atoms with Crippen molar-refractivity contribution in [3.63, 3.8) is 0 Å². The predicted octanol–water partition coefficient (Wildman–Crippen LogP) is 2.01. The average molecular weight is 240 g/mol. The normalized spacial score (nSPS) is 36.7. The van der Waals surface area contributed by atoms with Gasteiger partial charge in [-0.25, -0.2) is 0 Å². The molecule has 2 atom stereocenters. The number of hydrogen-bond donors (Lipinski definition) is 1. The Kier molecular flexibility index (Phi) is 4.83. The number of ether oxygens (including phenoxy) is 1. The first-order valence-electron chi connectivity index (χ1n) is 7.28. The largest absolute Gasteiger partial charge is 0.381 e. The van der Waals surface area contributed by atoms with Gasteiger partial charge in [-0.3, -0.25) is 4.90 Å². The van der Waals surface area contributed by atoms with Crippen LogP contribution in [0.1, 0.15) is 45.4 Å². The molecule has 0 radical (unpaired) electrons. The van der Waals surface area contributed by atoms with E-state index in [9.17, 15) is 0 Å². The Morgan fingerprint density at radius 3 is 2.88 bits per heavy atom. The second-order valence-corrected chi connectivity index (χ2v) is 6.03. The lowest BCUT2D eigenvalue weighted by Gasteiger charge is -2.41. The first kappa shape index (κ1) is 13.3. The molecule has 0 amide bonds. The first-order valence-corrected chi connectivity index (χ1v) is 7.28. The summed E-state index contributed by atoms with van der Waals surface area (Å²) in [6.45, 7) is 7.34. The highest BCUT2D eigenvalue weighted by Gasteiger charge is 2.34. The number of nitrogens with zero attached hydrogens (tertiary/aromatic N) is 1. The zero-order chi connectivity index (χ0) is 12.1. The molecule has 17 heavy (non-hydrogen) atoms. The van der Waals surface area contributed by atoms with Gasteiger partial charge in [0.05, 0.1) is 6.61 Å². The van der Waals surface area contributed by atoms with Crippen molar-refractivity contribution in [2.75, 3.05) is 32.8 Å². The molecule has 3 heteroatoms. The van der Waals surface area contributed by atoms with Crippen molar-refractivity contribution in [2.45, 2.75) is 51.5 Å². The molecule has 0 saturated carbocycles. The maximum Gasteiger partial charge on any atom is 0.0546 e. The number of hydrogen-bond acceptors (Lipinski definition) is 3. The van der Waals surface area contributed by atoms with Crippen LogP contribution in [0.25, 0.3) is 0 Å². The van der Waals surface area contributed by atoms with E-state index in [1.54, 1.807) is 0 Å². The third kappa shape index (κ3) is 3.43. The van der Waals surface area contributed by atoms with Gasteiger partial charge in [0.2, 0.25) is 0 Å². The van der Waals surface area contributed by atoms with E-state index in [0.29, 0.717) is 0 Å². The van der Waals surface area contributed by atoms with Crippen LogP contribution in [0.5, 0.6) is 0 Å². The van der Waals surface area contributed by atoms with Gasteiger partial charge in [0.25, 0.3) is 0 Å². The van der Waals surface area contributed by atoms with Gasteiger partial charge in [-0.2, -0.15) is 0 Å². The van der Waals surface area contributed by atoms with Crippen LogP contribution < -0.4 is 5.73 Å². The molecule has 2 rings (SSSR count). The van der Waals surface area contributed by atoms with Gasteiger partial charge in [0, 0.05) is 31.2 Å². The van der Waals surface area contributed by atoms with Crippen molar-refractivity contribution in [1.29, 1.82) is 0 Å². The third-order valence-electron chi connectivity index (χ3n) is 4.57. The lowest BCUT2D eigenvalue weighted by molar-refractivity contribution is -0.0271. The van der Waals surface area contributed by atoms with Crippen molar-refractivity contribution >= 4 is 0 Å². The molecule has 2 unspecified atom stereocenters. The van der Waals surface area contributed by atoms with Crippen LogP contribution in [0.2, 0.25) is 0 Å². The minimum absolute atomic E-state index is 0.233. The van der Waals surface area contributed by atoms with Crippen LogP contribution in [0, 0.1) is 5.41 Å². The van der Waals surface area contributed by atoms with Gasteiger partial charge in [0.15, 0.2) is 0 Å². The Balaban J connectivity index is 1.95. The highest BCUT2D eigenvalue weighted by molar-refractivity contribution is 4.88. The van der Waals surface area contributed by atoms with E-state index in [2.05, 4.69) is 11.8 Å². The van der Waals surface area contributed by atoms with Gasteiger partial charge in [-0.1, -0.05) is 12.8 Å². The van der Waals surface area contributed by atoms with E-state index in [-0.39, 0.29) is 5.41 Å². The molecule has 0 aromatic carbocycles. The first-order chi connectivity index (χ1) is 8.26. The molecule has 0 bridgehead atoms. The molecule has 2 aliphatic rings. The van der Waals surface area contributed by atoms with Gasteiger partial charge in [-0.05, 0) is 39.2 Å². The Labute approximate surface area is 106 Å². The Morgan fingerprint density at radius 2 is 2.18 bits per heavy atom. The summed E-state index contributed by atoms with van der Waals surface area (Å²) in [6.07, 6.45) is 7.91. The fourth-order valence-electron chi connectivity index (χ4n) is 3.26. The van der Waals surface area contributed by atoms with E-state index in [4.69, 9.17) is 10.5 Å². The van der Waals surface area contributed by atoms with Crippen LogP contribution in [-0.2, 0) is 4.74 Å². The quantitative estimate of drug-likeness (QED) is 0.820. The minimum Gasteiger partial charge on any atom is -0.381 e. The highest BCUT2D eigenvalue weighted by Crippen LogP contribution is 2.30. The maximum atomic E-state index is 6.03. The summed E-state index contributed by atoms with van der Waals surface area (Å²) in [5.41, 5.74) is 6.27. The van der Waals surface area contributed by atoms with E-state index in [1.807, 2.05) is 0 Å². The van der Waals surface area contributed by atoms with Crippen LogP contribution in [0.4, 0.5) is 0 Å². The van der Waals surface area contributed by atoms with E-state index < -0.39 is 0 Å². The molecule has 2 aliphatic heterocycles. The van der Waals surface area contributed by atoms with E-state index >= 15 is 0 Å². The van der Waals surface area contributed by atoms with E-state index in [0.717, 1.165) is 32.3 Å². The lowest BCUT2D eigenvalue weighted by Crippen LogP contribution is -2.49. The molecular formula is C14H28N2O. The van der Waals surface area contributed by atoms with Crippen LogP contribution in [-0.4, -0.2) is 43.8 Å². The van der Waals surface area contributed by atoms with Crippen LogP contribution in [0.15, 0.2) is 0 Å². The Hall–Kier alpha value is -0.120. The summed E-state index contributed by atoms with van der Waals surface area (Å²) in [5, 5.41) is 0. The van der Waals surface area contributed by atoms with Crippen molar-refractivity contribution in [3.8, 4) is 0 Å². The molecular weight excluding hydrogens is 212 g/mol. The van der Waals surface area contributed by atoms with E-state index in [1.165, 1.54) is 45.1 Å². The second kappa shape index (κ2) is 6.17. The van der Waals surface area contributed by atoms with Crippen molar-refractivity contribution < 1.29 is 4.74 Å². The summed E-state index contributed by atoms with van der Waals surface area (Å²) < 4.78 is 5.68. The maximum absolute atomic E-state index is 6.03. The Morgan fingerprint density at radius 1 is 1.29 bits per heavy atom. The molecule has 2 fully saturated rings. The summed E-state index contributed by atoms with van der Waals surface area (Å²) in [7, 11) is 0. The monoisotopic (exact) mass is 240 g/mol. The second-order valence-electron chi connectivity index (χ2n) is 6.03. The zero-order valence-corrected chi connectivity index (χ0v) is 11.3. The molecule has 0 aliphatic carbocycles. The standard InChI is InChI=1S/C14H28N2O/c1-13-6-3-2-4-8-16(13)11-14(10-15)7-5-9-17-12-14/h13H,2-12,15H2,1H3. The Bertz CT molecular complexity index is 226. The molecule has 0 spiro atoms.